The molecular weight excluding hydrogens is 388 g/mol. The number of carbonyl (C=O) groups excluding carboxylic acids is 1. The third-order valence-corrected chi connectivity index (χ3v) is 6.71. The van der Waals surface area contributed by atoms with Gasteiger partial charge in [-0.15, -0.1) is 0 Å². The van der Waals surface area contributed by atoms with Crippen LogP contribution in [0, 0.1) is 5.92 Å². The molecule has 6 rings (SSSR count). The van der Waals surface area contributed by atoms with Gasteiger partial charge in [0, 0.05) is 29.1 Å². The third-order valence-electron chi connectivity index (χ3n) is 6.38. The molecule has 0 aromatic heterocycles. The Labute approximate surface area is 175 Å². The van der Waals surface area contributed by atoms with E-state index in [1.54, 1.807) is 0 Å². The fourth-order valence-corrected chi connectivity index (χ4v) is 5.01. The number of nitrogens with one attached hydrogen (secondary N) is 1. The largest absolute Gasteiger partial charge is 0.493 e. The van der Waals surface area contributed by atoms with E-state index >= 15 is 0 Å². The maximum Gasteiger partial charge on any atom is 0.407 e. The van der Waals surface area contributed by atoms with Gasteiger partial charge in [-0.25, -0.2) is 4.79 Å². The number of halogens is 1. The number of ether oxygens (including phenoxy) is 2. The lowest BCUT2D eigenvalue weighted by Crippen LogP contribution is -2.52. The third kappa shape index (κ3) is 3.81. The summed E-state index contributed by atoms with van der Waals surface area (Å²) in [5, 5.41) is 3.79. The van der Waals surface area contributed by atoms with Crippen LogP contribution in [0.15, 0.2) is 42.5 Å². The molecule has 1 amide bonds. The minimum Gasteiger partial charge on any atom is -0.493 e. The number of hydrogen-bond acceptors (Lipinski definition) is 4. The van der Waals surface area contributed by atoms with Crippen molar-refractivity contribution in [3.63, 3.8) is 0 Å². The first-order chi connectivity index (χ1) is 14.2. The summed E-state index contributed by atoms with van der Waals surface area (Å²) in [6.45, 7) is 3.69. The van der Waals surface area contributed by atoms with E-state index < -0.39 is 0 Å². The fraction of sp³-hybridized carbons (Fsp3) is 0.435. The Morgan fingerprint density at radius 1 is 1.14 bits per heavy atom. The van der Waals surface area contributed by atoms with E-state index in [-0.39, 0.29) is 18.2 Å². The van der Waals surface area contributed by atoms with Crippen LogP contribution in [-0.4, -0.2) is 43.3 Å². The van der Waals surface area contributed by atoms with E-state index in [1.165, 1.54) is 0 Å². The highest BCUT2D eigenvalue weighted by Gasteiger charge is 2.37. The molecule has 2 aromatic rings. The van der Waals surface area contributed by atoms with E-state index in [0.717, 1.165) is 54.9 Å². The summed E-state index contributed by atoms with van der Waals surface area (Å²) >= 11 is 6.38. The van der Waals surface area contributed by atoms with Gasteiger partial charge in [0.15, 0.2) is 0 Å². The molecule has 1 unspecified atom stereocenters. The van der Waals surface area contributed by atoms with Crippen LogP contribution >= 0.6 is 11.6 Å². The monoisotopic (exact) mass is 412 g/mol. The molecule has 4 aliphatic rings. The number of carbonyl (C=O) groups is 1. The number of alkyl carbamates (subject to hydrolysis) is 1. The van der Waals surface area contributed by atoms with Crippen molar-refractivity contribution in [2.75, 3.05) is 26.2 Å². The van der Waals surface area contributed by atoms with Gasteiger partial charge in [0.05, 0.1) is 12.6 Å². The van der Waals surface area contributed by atoms with Crippen molar-refractivity contribution in [2.24, 2.45) is 5.92 Å². The molecule has 152 valence electrons. The molecule has 5 nitrogen and oxygen atoms in total. The lowest BCUT2D eigenvalue weighted by molar-refractivity contribution is -0.0342. The average Bonchev–Trinajstić information content (AvgIpc) is 2.75. The number of benzene rings is 2. The Morgan fingerprint density at radius 2 is 1.97 bits per heavy atom. The van der Waals surface area contributed by atoms with Gasteiger partial charge in [-0.2, -0.15) is 0 Å². The van der Waals surface area contributed by atoms with Crippen molar-refractivity contribution in [3.8, 4) is 16.9 Å². The molecule has 3 saturated heterocycles. The standard InChI is InChI=1S/C23H25ClN2O3/c24-19-4-2-1-3-17(19)16-5-6-21-18(13-16)20(9-12-28-21)25-23(27)29-22-14-26-10-7-15(22)8-11-26/h1-6,13,15,20,22H,7-12,14H2,(H,25,27)/t20?,22-/m1/s1. The van der Waals surface area contributed by atoms with E-state index in [9.17, 15) is 4.79 Å². The zero-order valence-corrected chi connectivity index (χ0v) is 17.0. The Kier molecular flexibility index (Phi) is 5.10. The lowest BCUT2D eigenvalue weighted by Gasteiger charge is -2.44. The van der Waals surface area contributed by atoms with Crippen molar-refractivity contribution >= 4 is 17.7 Å². The normalized spacial score (nSPS) is 27.6. The maximum atomic E-state index is 12.7. The van der Waals surface area contributed by atoms with Crippen molar-refractivity contribution < 1.29 is 14.3 Å². The summed E-state index contributed by atoms with van der Waals surface area (Å²) in [7, 11) is 0. The molecule has 6 heteroatoms. The first kappa shape index (κ1) is 18.8. The van der Waals surface area contributed by atoms with Crippen LogP contribution in [0.4, 0.5) is 4.79 Å². The summed E-state index contributed by atoms with van der Waals surface area (Å²) in [5.74, 6) is 1.31. The molecule has 2 atom stereocenters. The molecule has 3 fully saturated rings. The lowest BCUT2D eigenvalue weighted by atomic mass is 9.86. The SMILES string of the molecule is O=C(NC1CCOc2ccc(-c3ccccc3Cl)cc21)O[C@@H]1CN2CCC1CC2. The fourth-order valence-electron chi connectivity index (χ4n) is 4.77. The molecule has 1 N–H and O–H groups in total. The van der Waals surface area contributed by atoms with Gasteiger partial charge in [-0.3, -0.25) is 4.90 Å². The van der Waals surface area contributed by atoms with Crippen LogP contribution in [0.25, 0.3) is 11.1 Å². The van der Waals surface area contributed by atoms with E-state index in [2.05, 4.69) is 16.3 Å². The van der Waals surface area contributed by atoms with Crippen LogP contribution < -0.4 is 10.1 Å². The first-order valence-electron chi connectivity index (χ1n) is 10.4. The second-order valence-corrected chi connectivity index (χ2v) is 8.56. The van der Waals surface area contributed by atoms with Crippen LogP contribution in [-0.2, 0) is 4.74 Å². The molecule has 2 aromatic carbocycles. The molecule has 4 heterocycles. The molecule has 0 saturated carbocycles. The number of rotatable bonds is 3. The van der Waals surface area contributed by atoms with Crippen molar-refractivity contribution in [1.29, 1.82) is 0 Å². The van der Waals surface area contributed by atoms with Gasteiger partial charge >= 0.3 is 6.09 Å². The molecule has 0 aliphatic carbocycles. The minimum atomic E-state index is -0.329. The number of piperidine rings is 3. The summed E-state index contributed by atoms with van der Waals surface area (Å²) in [5.41, 5.74) is 2.95. The van der Waals surface area contributed by atoms with Crippen molar-refractivity contribution in [3.05, 3.63) is 53.1 Å². The molecule has 4 aliphatic heterocycles. The number of amides is 1. The van der Waals surface area contributed by atoms with E-state index in [0.29, 0.717) is 24.0 Å². The highest BCUT2D eigenvalue weighted by Crippen LogP contribution is 2.37. The zero-order valence-electron chi connectivity index (χ0n) is 16.3. The Morgan fingerprint density at radius 3 is 2.72 bits per heavy atom. The highest BCUT2D eigenvalue weighted by atomic mass is 35.5. The highest BCUT2D eigenvalue weighted by molar-refractivity contribution is 6.33. The van der Waals surface area contributed by atoms with Crippen LogP contribution in [0.5, 0.6) is 5.75 Å². The van der Waals surface area contributed by atoms with Crippen molar-refractivity contribution in [2.45, 2.75) is 31.4 Å². The molecular formula is C23H25ClN2O3. The maximum absolute atomic E-state index is 12.7. The Hall–Kier alpha value is -2.24. The van der Waals surface area contributed by atoms with E-state index in [4.69, 9.17) is 21.1 Å². The Bertz CT molecular complexity index is 911. The second-order valence-electron chi connectivity index (χ2n) is 8.15. The first-order valence-corrected chi connectivity index (χ1v) is 10.8. The minimum absolute atomic E-state index is 0.00581. The van der Waals surface area contributed by atoms with E-state index in [1.807, 2.05) is 36.4 Å². The van der Waals surface area contributed by atoms with Gasteiger partial charge in [-0.05, 0) is 55.6 Å². The number of fused-ring (bicyclic) bond motifs is 4. The second kappa shape index (κ2) is 7.88. The zero-order chi connectivity index (χ0) is 19.8. The summed E-state index contributed by atoms with van der Waals surface area (Å²) < 4.78 is 11.6. The van der Waals surface area contributed by atoms with Gasteiger partial charge in [-0.1, -0.05) is 35.9 Å². The topological polar surface area (TPSA) is 50.8 Å². The summed E-state index contributed by atoms with van der Waals surface area (Å²) in [6.07, 6.45) is 2.64. The molecule has 2 bridgehead atoms. The number of nitrogens with zero attached hydrogens (tertiary/aromatic N) is 1. The summed E-state index contributed by atoms with van der Waals surface area (Å²) in [4.78, 5) is 15.0. The molecule has 29 heavy (non-hydrogen) atoms. The van der Waals surface area contributed by atoms with Gasteiger partial charge in [0.25, 0.3) is 0 Å². The quantitative estimate of drug-likeness (QED) is 0.797. The van der Waals surface area contributed by atoms with Gasteiger partial charge < -0.3 is 14.8 Å². The smallest absolute Gasteiger partial charge is 0.407 e. The molecule has 0 spiro atoms. The van der Waals surface area contributed by atoms with Gasteiger partial charge in [0.2, 0.25) is 0 Å². The predicted octanol–water partition coefficient (Wildman–Crippen LogP) is 4.65. The van der Waals surface area contributed by atoms with Crippen LogP contribution in [0.3, 0.4) is 0 Å². The number of hydrogen-bond donors (Lipinski definition) is 1. The van der Waals surface area contributed by atoms with Gasteiger partial charge in [0.1, 0.15) is 11.9 Å². The predicted molar refractivity (Wildman–Crippen MR) is 112 cm³/mol. The Balaban J connectivity index is 1.33. The summed E-state index contributed by atoms with van der Waals surface area (Å²) in [6, 6.07) is 13.7. The molecule has 0 radical (unpaired) electrons. The average molecular weight is 413 g/mol. The van der Waals surface area contributed by atoms with Crippen LogP contribution in [0.2, 0.25) is 5.02 Å². The van der Waals surface area contributed by atoms with Crippen molar-refractivity contribution in [1.82, 2.24) is 10.2 Å². The van der Waals surface area contributed by atoms with Crippen LogP contribution in [0.1, 0.15) is 30.9 Å².